The van der Waals surface area contributed by atoms with E-state index in [4.69, 9.17) is 0 Å². The number of imidazole rings is 1. The highest BCUT2D eigenvalue weighted by Gasteiger charge is 2.24. The van der Waals surface area contributed by atoms with Crippen molar-refractivity contribution in [2.45, 2.75) is 13.5 Å². The number of carbonyl (C=O) groups is 1. The van der Waals surface area contributed by atoms with Gasteiger partial charge in [-0.25, -0.2) is 9.37 Å². The first kappa shape index (κ1) is 13.6. The number of aromatic nitrogens is 3. The molecular weight excluding hydrogens is 295 g/mol. The van der Waals surface area contributed by atoms with Crippen LogP contribution in [0.1, 0.15) is 33.3 Å². The number of nitrogens with one attached hydrogen (secondary N) is 1. The monoisotopic (exact) mass is 308 g/mol. The van der Waals surface area contributed by atoms with Crippen LogP contribution in [0.25, 0.3) is 5.69 Å². The first-order valence-corrected chi connectivity index (χ1v) is 7.21. The second-order valence-electron chi connectivity index (χ2n) is 5.36. The number of fused-ring (bicyclic) bond motifs is 3. The van der Waals surface area contributed by atoms with Crippen LogP contribution in [0.15, 0.2) is 41.5 Å². The van der Waals surface area contributed by atoms with Gasteiger partial charge in [0.25, 0.3) is 0 Å². The SMILES string of the molecule is Cc1nc2n(c1C=O)-c1ccc(F)cc1C(c1ccc[nH]1)=NC2. The van der Waals surface area contributed by atoms with Crippen LogP contribution in [-0.4, -0.2) is 26.5 Å². The Morgan fingerprint density at radius 2 is 2.22 bits per heavy atom. The van der Waals surface area contributed by atoms with Crippen LogP contribution in [-0.2, 0) is 6.54 Å². The second-order valence-corrected chi connectivity index (χ2v) is 5.36. The Labute approximate surface area is 131 Å². The first-order valence-electron chi connectivity index (χ1n) is 7.21. The summed E-state index contributed by atoms with van der Waals surface area (Å²) < 4.78 is 15.6. The van der Waals surface area contributed by atoms with Crippen LogP contribution in [0.2, 0.25) is 0 Å². The van der Waals surface area contributed by atoms with Crippen molar-refractivity contribution < 1.29 is 9.18 Å². The topological polar surface area (TPSA) is 63.0 Å². The molecule has 4 rings (SSSR count). The van der Waals surface area contributed by atoms with Gasteiger partial charge < -0.3 is 4.98 Å². The van der Waals surface area contributed by atoms with Crippen molar-refractivity contribution >= 4 is 12.0 Å². The Morgan fingerprint density at radius 1 is 1.35 bits per heavy atom. The average Bonchev–Trinajstić information content (AvgIpc) is 3.13. The summed E-state index contributed by atoms with van der Waals surface area (Å²) in [5.41, 5.74) is 3.90. The maximum atomic E-state index is 13.8. The van der Waals surface area contributed by atoms with Gasteiger partial charge in [0.1, 0.15) is 17.3 Å². The van der Waals surface area contributed by atoms with Gasteiger partial charge in [-0.1, -0.05) is 0 Å². The number of aldehydes is 1. The molecule has 0 saturated carbocycles. The molecular formula is C17H13FN4O. The largest absolute Gasteiger partial charge is 0.360 e. The molecule has 0 radical (unpaired) electrons. The molecule has 114 valence electrons. The lowest BCUT2D eigenvalue weighted by molar-refractivity contribution is 0.111. The maximum Gasteiger partial charge on any atom is 0.168 e. The van der Waals surface area contributed by atoms with Crippen LogP contribution >= 0.6 is 0 Å². The molecule has 3 heterocycles. The molecule has 0 spiro atoms. The smallest absolute Gasteiger partial charge is 0.168 e. The quantitative estimate of drug-likeness (QED) is 0.740. The van der Waals surface area contributed by atoms with Crippen molar-refractivity contribution in [1.82, 2.24) is 14.5 Å². The van der Waals surface area contributed by atoms with E-state index in [1.165, 1.54) is 12.1 Å². The molecule has 5 nitrogen and oxygen atoms in total. The standard InChI is InChI=1S/C17H13FN4O/c1-10-15(9-23)22-14-5-4-11(18)7-12(14)17(13-3-2-6-19-13)20-8-16(22)21-10/h2-7,9,19H,8H2,1H3. The van der Waals surface area contributed by atoms with E-state index in [1.54, 1.807) is 23.8 Å². The highest BCUT2D eigenvalue weighted by atomic mass is 19.1. The molecule has 1 aliphatic heterocycles. The van der Waals surface area contributed by atoms with Gasteiger partial charge >= 0.3 is 0 Å². The molecule has 1 aliphatic rings. The minimum Gasteiger partial charge on any atom is -0.360 e. The van der Waals surface area contributed by atoms with Gasteiger partial charge in [0.15, 0.2) is 6.29 Å². The molecule has 0 fully saturated rings. The molecule has 3 aromatic rings. The lowest BCUT2D eigenvalue weighted by Crippen LogP contribution is -2.10. The van der Waals surface area contributed by atoms with E-state index in [9.17, 15) is 9.18 Å². The van der Waals surface area contributed by atoms with Crippen LogP contribution in [0.3, 0.4) is 0 Å². The Morgan fingerprint density at radius 3 is 2.96 bits per heavy atom. The van der Waals surface area contributed by atoms with Gasteiger partial charge in [-0.2, -0.15) is 0 Å². The van der Waals surface area contributed by atoms with Gasteiger partial charge in [-0.05, 0) is 37.3 Å². The number of nitrogens with zero attached hydrogens (tertiary/aromatic N) is 3. The summed E-state index contributed by atoms with van der Waals surface area (Å²) in [6.07, 6.45) is 2.57. The fraction of sp³-hybridized carbons (Fsp3) is 0.118. The highest BCUT2D eigenvalue weighted by molar-refractivity contribution is 6.14. The Hall–Kier alpha value is -3.02. The van der Waals surface area contributed by atoms with Crippen molar-refractivity contribution in [2.75, 3.05) is 0 Å². The number of aliphatic imine (C=N–C) groups is 1. The number of H-pyrrole nitrogens is 1. The molecule has 0 bridgehead atoms. The zero-order valence-electron chi connectivity index (χ0n) is 12.4. The lowest BCUT2D eigenvalue weighted by Gasteiger charge is -2.12. The molecule has 0 saturated heterocycles. The van der Waals surface area contributed by atoms with E-state index in [-0.39, 0.29) is 5.82 Å². The molecule has 0 unspecified atom stereocenters. The zero-order chi connectivity index (χ0) is 16.0. The van der Waals surface area contributed by atoms with Crippen LogP contribution in [0.4, 0.5) is 4.39 Å². The van der Waals surface area contributed by atoms with E-state index in [2.05, 4.69) is 15.0 Å². The Kier molecular flexibility index (Phi) is 2.97. The second kappa shape index (κ2) is 5.01. The van der Waals surface area contributed by atoms with Gasteiger partial charge in [0.2, 0.25) is 0 Å². The predicted molar refractivity (Wildman–Crippen MR) is 83.8 cm³/mol. The molecule has 0 aliphatic carbocycles. The third-order valence-electron chi connectivity index (χ3n) is 3.96. The third-order valence-corrected chi connectivity index (χ3v) is 3.96. The lowest BCUT2D eigenvalue weighted by atomic mass is 10.0. The number of rotatable bonds is 2. The van der Waals surface area contributed by atoms with E-state index < -0.39 is 0 Å². The van der Waals surface area contributed by atoms with E-state index in [0.29, 0.717) is 40.7 Å². The average molecular weight is 308 g/mol. The van der Waals surface area contributed by atoms with Gasteiger partial charge in [-0.15, -0.1) is 0 Å². The number of hydrogen-bond donors (Lipinski definition) is 1. The number of aryl methyl sites for hydroxylation is 1. The van der Waals surface area contributed by atoms with Crippen molar-refractivity contribution in [3.05, 3.63) is 70.8 Å². The highest BCUT2D eigenvalue weighted by Crippen LogP contribution is 2.27. The molecule has 2 aromatic heterocycles. The molecule has 1 N–H and O–H groups in total. The van der Waals surface area contributed by atoms with Crippen molar-refractivity contribution in [1.29, 1.82) is 0 Å². The molecule has 23 heavy (non-hydrogen) atoms. The Balaban J connectivity index is 2.05. The van der Waals surface area contributed by atoms with E-state index in [0.717, 1.165) is 12.0 Å². The van der Waals surface area contributed by atoms with Crippen LogP contribution < -0.4 is 0 Å². The summed E-state index contributed by atoms with van der Waals surface area (Å²) in [7, 11) is 0. The molecule has 0 atom stereocenters. The molecule has 1 aromatic carbocycles. The summed E-state index contributed by atoms with van der Waals surface area (Å²) in [6, 6.07) is 8.22. The predicted octanol–water partition coefficient (Wildman–Crippen LogP) is 2.81. The van der Waals surface area contributed by atoms with Crippen LogP contribution in [0, 0.1) is 12.7 Å². The van der Waals surface area contributed by atoms with Crippen molar-refractivity contribution in [2.24, 2.45) is 4.99 Å². The number of aromatic amines is 1. The summed E-state index contributed by atoms with van der Waals surface area (Å²) in [5.74, 6) is 0.315. The maximum absolute atomic E-state index is 13.8. The fourth-order valence-electron chi connectivity index (χ4n) is 2.95. The van der Waals surface area contributed by atoms with Gasteiger partial charge in [0.05, 0.1) is 29.3 Å². The Bertz CT molecular complexity index is 938. The van der Waals surface area contributed by atoms with Gasteiger partial charge in [0, 0.05) is 11.8 Å². The van der Waals surface area contributed by atoms with E-state index in [1.807, 2.05) is 12.1 Å². The van der Waals surface area contributed by atoms with Crippen molar-refractivity contribution in [3.8, 4) is 5.69 Å². The number of carbonyl (C=O) groups excluding carboxylic acids is 1. The fourth-order valence-corrected chi connectivity index (χ4v) is 2.95. The third kappa shape index (κ3) is 2.03. The van der Waals surface area contributed by atoms with Gasteiger partial charge in [-0.3, -0.25) is 14.4 Å². The summed E-state index contributed by atoms with van der Waals surface area (Å²) >= 11 is 0. The summed E-state index contributed by atoms with van der Waals surface area (Å²) in [6.45, 7) is 2.10. The molecule has 6 heteroatoms. The number of hydrogen-bond acceptors (Lipinski definition) is 3. The number of benzene rings is 1. The van der Waals surface area contributed by atoms with E-state index >= 15 is 0 Å². The normalized spacial score (nSPS) is 13.0. The number of halogens is 1. The minimum atomic E-state index is -0.351. The summed E-state index contributed by atoms with van der Waals surface area (Å²) in [5, 5.41) is 0. The first-order chi connectivity index (χ1) is 11.2. The zero-order valence-corrected chi connectivity index (χ0v) is 12.4. The van der Waals surface area contributed by atoms with Crippen molar-refractivity contribution in [3.63, 3.8) is 0 Å². The summed E-state index contributed by atoms with van der Waals surface area (Å²) in [4.78, 5) is 23.6. The molecule has 0 amide bonds. The van der Waals surface area contributed by atoms with Crippen LogP contribution in [0.5, 0.6) is 0 Å². The minimum absolute atomic E-state index is 0.319.